The summed E-state index contributed by atoms with van der Waals surface area (Å²) in [6, 6.07) is 10.8. The highest BCUT2D eigenvalue weighted by Crippen LogP contribution is 2.31. The number of aromatic nitrogens is 3. The molecule has 0 atom stereocenters. The quantitative estimate of drug-likeness (QED) is 0.719. The molecule has 3 aromatic rings. The third-order valence-electron chi connectivity index (χ3n) is 4.24. The van der Waals surface area contributed by atoms with E-state index in [9.17, 15) is 5.11 Å². The number of fused-ring (bicyclic) bond motifs is 1. The fourth-order valence-electron chi connectivity index (χ4n) is 2.90. The van der Waals surface area contributed by atoms with Gasteiger partial charge in [-0.2, -0.15) is 0 Å². The minimum absolute atomic E-state index is 0.210. The summed E-state index contributed by atoms with van der Waals surface area (Å²) >= 11 is 0. The minimum atomic E-state index is 0.210. The molecule has 1 fully saturated rings. The van der Waals surface area contributed by atoms with E-state index in [1.54, 1.807) is 22.7 Å². The zero-order chi connectivity index (χ0) is 16.9. The Hall–Kier alpha value is -2.60. The molecule has 2 aromatic heterocycles. The summed E-state index contributed by atoms with van der Waals surface area (Å²) in [4.78, 5) is 2.39. The van der Waals surface area contributed by atoms with Crippen molar-refractivity contribution in [1.82, 2.24) is 19.5 Å². The van der Waals surface area contributed by atoms with Gasteiger partial charge in [0.1, 0.15) is 5.75 Å². The minimum Gasteiger partial charge on any atom is -0.507 e. The summed E-state index contributed by atoms with van der Waals surface area (Å²) in [6.45, 7) is 2.64. The number of benzene rings is 1. The number of likely N-dealkylation sites (tertiary alicyclic amines) is 1. The first kappa shape index (κ1) is 16.3. The number of hydrogen-bond donors (Lipinski definition) is 2. The Labute approximate surface area is 141 Å². The highest BCUT2D eigenvalue weighted by atomic mass is 16.3. The van der Waals surface area contributed by atoms with Crippen molar-refractivity contribution in [1.29, 1.82) is 0 Å². The lowest BCUT2D eigenvalue weighted by atomic mass is 10.1. The van der Waals surface area contributed by atoms with Crippen molar-refractivity contribution in [3.8, 4) is 16.9 Å². The number of pyridine rings is 1. The van der Waals surface area contributed by atoms with E-state index in [2.05, 4.69) is 22.1 Å². The van der Waals surface area contributed by atoms with Crippen molar-refractivity contribution in [2.24, 2.45) is 0 Å². The molecule has 1 aromatic carbocycles. The number of nitrogen functional groups attached to an aromatic ring is 1. The van der Waals surface area contributed by atoms with Gasteiger partial charge in [-0.1, -0.05) is 24.6 Å². The van der Waals surface area contributed by atoms with Crippen molar-refractivity contribution < 1.29 is 5.11 Å². The predicted molar refractivity (Wildman–Crippen MR) is 95.8 cm³/mol. The van der Waals surface area contributed by atoms with Crippen LogP contribution in [0.25, 0.3) is 16.8 Å². The molecule has 1 aliphatic rings. The molecule has 0 amide bonds. The van der Waals surface area contributed by atoms with Gasteiger partial charge in [-0.05, 0) is 51.2 Å². The largest absolute Gasteiger partial charge is 0.507 e. The molecule has 0 spiro atoms. The van der Waals surface area contributed by atoms with Gasteiger partial charge in [0.05, 0.1) is 0 Å². The van der Waals surface area contributed by atoms with Crippen LogP contribution in [0.1, 0.15) is 19.3 Å². The molecule has 3 N–H and O–H groups in total. The van der Waals surface area contributed by atoms with Crippen molar-refractivity contribution >= 4 is 11.6 Å². The number of anilines is 1. The Kier molecular flexibility index (Phi) is 4.96. The third-order valence-corrected chi connectivity index (χ3v) is 4.24. The van der Waals surface area contributed by atoms with Crippen LogP contribution in [0.3, 0.4) is 0 Å². The van der Waals surface area contributed by atoms with Gasteiger partial charge in [-0.15, -0.1) is 10.2 Å². The Morgan fingerprint density at radius 3 is 2.33 bits per heavy atom. The van der Waals surface area contributed by atoms with E-state index in [4.69, 9.17) is 5.73 Å². The van der Waals surface area contributed by atoms with Crippen molar-refractivity contribution in [3.63, 3.8) is 0 Å². The average Bonchev–Trinajstić information content (AvgIpc) is 2.98. The summed E-state index contributed by atoms with van der Waals surface area (Å²) in [5.41, 5.74) is 7.83. The van der Waals surface area contributed by atoms with E-state index < -0.39 is 0 Å². The van der Waals surface area contributed by atoms with E-state index in [-0.39, 0.29) is 5.75 Å². The molecule has 4 rings (SSSR count). The van der Waals surface area contributed by atoms with Crippen LogP contribution in [0, 0.1) is 0 Å². The molecule has 1 saturated heterocycles. The predicted octanol–water partition coefficient (Wildman–Crippen LogP) is 2.79. The van der Waals surface area contributed by atoms with Crippen LogP contribution in [0.15, 0.2) is 42.6 Å². The number of phenols is 1. The molecule has 0 saturated carbocycles. The monoisotopic (exact) mass is 325 g/mol. The van der Waals surface area contributed by atoms with Crippen molar-refractivity contribution in [3.05, 3.63) is 42.6 Å². The number of nitrogens with zero attached hydrogens (tertiary/aromatic N) is 4. The first-order chi connectivity index (χ1) is 11.7. The average molecular weight is 325 g/mol. The van der Waals surface area contributed by atoms with E-state index in [0.29, 0.717) is 17.2 Å². The van der Waals surface area contributed by atoms with Gasteiger partial charge in [0.2, 0.25) is 5.95 Å². The SMILES string of the molecule is CN1CCCCC1.Nc1nnc2c(-c3ccccc3O)cccn12. The van der Waals surface area contributed by atoms with Gasteiger partial charge < -0.3 is 15.7 Å². The van der Waals surface area contributed by atoms with Gasteiger partial charge in [-0.3, -0.25) is 4.40 Å². The van der Waals surface area contributed by atoms with Crippen LogP contribution in [-0.2, 0) is 0 Å². The number of nitrogens with two attached hydrogens (primary N) is 1. The summed E-state index contributed by atoms with van der Waals surface area (Å²) in [5, 5.41) is 17.7. The molecule has 0 radical (unpaired) electrons. The molecule has 6 heteroatoms. The molecule has 126 valence electrons. The maximum atomic E-state index is 9.84. The molecule has 3 heterocycles. The van der Waals surface area contributed by atoms with Crippen LogP contribution in [0.5, 0.6) is 5.75 Å². The highest BCUT2D eigenvalue weighted by Gasteiger charge is 2.11. The molecule has 0 bridgehead atoms. The smallest absolute Gasteiger partial charge is 0.226 e. The number of para-hydroxylation sites is 1. The number of rotatable bonds is 1. The van der Waals surface area contributed by atoms with Crippen LogP contribution >= 0.6 is 0 Å². The lowest BCUT2D eigenvalue weighted by Crippen LogP contribution is -2.24. The van der Waals surface area contributed by atoms with Crippen molar-refractivity contribution in [2.75, 3.05) is 25.9 Å². The number of piperidine rings is 1. The first-order valence-corrected chi connectivity index (χ1v) is 8.23. The Morgan fingerprint density at radius 2 is 1.67 bits per heavy atom. The van der Waals surface area contributed by atoms with Gasteiger partial charge in [0.25, 0.3) is 0 Å². The number of aromatic hydroxyl groups is 1. The number of hydrogen-bond acceptors (Lipinski definition) is 5. The van der Waals surface area contributed by atoms with E-state index >= 15 is 0 Å². The topological polar surface area (TPSA) is 79.7 Å². The third kappa shape index (κ3) is 3.49. The van der Waals surface area contributed by atoms with E-state index in [1.165, 1.54) is 32.4 Å². The molecule has 6 nitrogen and oxygen atoms in total. The van der Waals surface area contributed by atoms with Crippen LogP contribution in [0.4, 0.5) is 5.95 Å². The van der Waals surface area contributed by atoms with Crippen LogP contribution in [0.2, 0.25) is 0 Å². The Morgan fingerprint density at radius 1 is 0.958 bits per heavy atom. The maximum absolute atomic E-state index is 9.84. The van der Waals surface area contributed by atoms with Crippen molar-refractivity contribution in [2.45, 2.75) is 19.3 Å². The fraction of sp³-hybridized carbons (Fsp3) is 0.333. The molecule has 0 unspecified atom stereocenters. The molecular weight excluding hydrogens is 302 g/mol. The molecule has 24 heavy (non-hydrogen) atoms. The van der Waals surface area contributed by atoms with E-state index in [1.807, 2.05) is 24.3 Å². The summed E-state index contributed by atoms with van der Waals surface area (Å²) in [7, 11) is 2.19. The lowest BCUT2D eigenvalue weighted by Gasteiger charge is -2.20. The normalized spacial score (nSPS) is 15.0. The zero-order valence-electron chi connectivity index (χ0n) is 13.9. The second-order valence-electron chi connectivity index (χ2n) is 6.05. The van der Waals surface area contributed by atoms with Gasteiger partial charge in [-0.25, -0.2) is 0 Å². The van der Waals surface area contributed by atoms with Gasteiger partial charge in [0.15, 0.2) is 5.65 Å². The Bertz CT molecular complexity index is 808. The summed E-state index contributed by atoms with van der Waals surface area (Å²) < 4.78 is 1.68. The Balaban J connectivity index is 0.000000203. The van der Waals surface area contributed by atoms with Gasteiger partial charge >= 0.3 is 0 Å². The van der Waals surface area contributed by atoms with E-state index in [0.717, 1.165) is 5.56 Å². The summed E-state index contributed by atoms with van der Waals surface area (Å²) in [6.07, 6.45) is 6.06. The molecular formula is C18H23N5O. The standard InChI is InChI=1S/C12H10N4O.C6H13N/c13-12-15-14-11-9(5-3-7-16(11)12)8-4-1-2-6-10(8)17;1-7-5-3-2-4-6-7/h1-7,17H,(H2,13,15);2-6H2,1H3. The molecule has 0 aliphatic carbocycles. The van der Waals surface area contributed by atoms with Gasteiger partial charge in [0, 0.05) is 17.3 Å². The van der Waals surface area contributed by atoms with Crippen LogP contribution < -0.4 is 5.73 Å². The summed E-state index contributed by atoms with van der Waals surface area (Å²) in [5.74, 6) is 0.541. The second kappa shape index (κ2) is 7.31. The zero-order valence-corrected chi connectivity index (χ0v) is 13.9. The second-order valence-corrected chi connectivity index (χ2v) is 6.05. The lowest BCUT2D eigenvalue weighted by molar-refractivity contribution is 0.277. The highest BCUT2D eigenvalue weighted by molar-refractivity contribution is 5.81. The molecule has 1 aliphatic heterocycles. The van der Waals surface area contributed by atoms with Crippen LogP contribution in [-0.4, -0.2) is 44.7 Å². The number of phenolic OH excluding ortho intramolecular Hbond substituents is 1. The fourth-order valence-corrected chi connectivity index (χ4v) is 2.90. The maximum Gasteiger partial charge on any atom is 0.226 e. The first-order valence-electron chi connectivity index (χ1n) is 8.23.